The van der Waals surface area contributed by atoms with Gasteiger partial charge in [0.15, 0.2) is 5.16 Å². The van der Waals surface area contributed by atoms with Crippen LogP contribution in [-0.2, 0) is 7.05 Å². The Bertz CT molecular complexity index is 713. The van der Waals surface area contributed by atoms with Crippen molar-refractivity contribution in [2.24, 2.45) is 7.05 Å². The summed E-state index contributed by atoms with van der Waals surface area (Å²) in [5.74, 6) is 0.674. The van der Waals surface area contributed by atoms with Crippen molar-refractivity contribution < 1.29 is 0 Å². The third-order valence-electron chi connectivity index (χ3n) is 2.84. The van der Waals surface area contributed by atoms with Crippen LogP contribution in [0.5, 0.6) is 0 Å². The lowest BCUT2D eigenvalue weighted by molar-refractivity contribution is 0.682. The lowest BCUT2D eigenvalue weighted by Gasteiger charge is -2.04. The Morgan fingerprint density at radius 3 is 2.78 bits per heavy atom. The summed E-state index contributed by atoms with van der Waals surface area (Å²) >= 11 is 1.58. The topological polar surface area (TPSA) is 61.4 Å². The van der Waals surface area contributed by atoms with E-state index in [-0.39, 0.29) is 0 Å². The highest BCUT2D eigenvalue weighted by Crippen LogP contribution is 2.26. The van der Waals surface area contributed by atoms with E-state index in [1.807, 2.05) is 30.0 Å². The van der Waals surface area contributed by atoms with E-state index in [0.29, 0.717) is 5.95 Å². The summed E-state index contributed by atoms with van der Waals surface area (Å²) < 4.78 is 3.62. The molecule has 0 aliphatic carbocycles. The van der Waals surface area contributed by atoms with E-state index in [1.54, 1.807) is 16.4 Å². The summed E-state index contributed by atoms with van der Waals surface area (Å²) in [5, 5.41) is 12.5. The van der Waals surface area contributed by atoms with Crippen LogP contribution in [0.15, 0.2) is 23.4 Å². The highest BCUT2D eigenvalue weighted by atomic mass is 32.2. The van der Waals surface area contributed by atoms with Gasteiger partial charge in [-0.3, -0.25) is 4.57 Å². The summed E-state index contributed by atoms with van der Waals surface area (Å²) in [7, 11) is 1.82. The predicted octanol–water partition coefficient (Wildman–Crippen LogP) is 1.58. The second kappa shape index (κ2) is 4.09. The molecule has 0 fully saturated rings. The van der Waals surface area contributed by atoms with E-state index in [4.69, 9.17) is 0 Å². The molecule has 0 unspecified atom stereocenters. The molecule has 7 heteroatoms. The summed E-state index contributed by atoms with van der Waals surface area (Å²) in [4.78, 5) is 4.64. The van der Waals surface area contributed by atoms with E-state index in [2.05, 4.69) is 33.5 Å². The minimum Gasteiger partial charge on any atom is -0.254 e. The van der Waals surface area contributed by atoms with Crippen LogP contribution in [0.25, 0.3) is 17.0 Å². The van der Waals surface area contributed by atoms with E-state index in [9.17, 15) is 0 Å². The molecule has 0 saturated heterocycles. The number of hydrogen-bond acceptors (Lipinski definition) is 5. The first-order chi connectivity index (χ1) is 8.72. The number of fused-ring (bicyclic) bond motifs is 1. The fraction of sp³-hybridized carbons (Fsp3) is 0.273. The SMILES string of the molecule is CSc1nc2c(C)cccc2n1-c1nnnn1C. The van der Waals surface area contributed by atoms with Gasteiger partial charge in [-0.25, -0.2) is 9.67 Å². The molecule has 0 radical (unpaired) electrons. The molecule has 2 aromatic heterocycles. The highest BCUT2D eigenvalue weighted by Gasteiger charge is 2.16. The average molecular weight is 260 g/mol. The Hall–Kier alpha value is -1.89. The quantitative estimate of drug-likeness (QED) is 0.655. The van der Waals surface area contributed by atoms with Crippen LogP contribution >= 0.6 is 11.8 Å². The van der Waals surface area contributed by atoms with Gasteiger partial charge in [-0.05, 0) is 35.2 Å². The van der Waals surface area contributed by atoms with Crippen molar-refractivity contribution in [3.63, 3.8) is 0 Å². The first kappa shape index (κ1) is 11.2. The first-order valence-electron chi connectivity index (χ1n) is 5.47. The standard InChI is InChI=1S/C11H12N6S/c1-7-5-4-6-8-9(7)12-11(18-3)17(8)10-13-14-15-16(10)2/h4-6H,1-3H3. The van der Waals surface area contributed by atoms with Crippen molar-refractivity contribution in [3.8, 4) is 5.95 Å². The van der Waals surface area contributed by atoms with Crippen molar-refractivity contribution in [1.82, 2.24) is 29.8 Å². The van der Waals surface area contributed by atoms with Crippen molar-refractivity contribution >= 4 is 22.8 Å². The summed E-state index contributed by atoms with van der Waals surface area (Å²) in [6.07, 6.45) is 2.00. The molecule has 2 heterocycles. The van der Waals surface area contributed by atoms with Gasteiger partial charge in [0.05, 0.1) is 11.0 Å². The summed E-state index contributed by atoms with van der Waals surface area (Å²) in [5.41, 5.74) is 3.17. The van der Waals surface area contributed by atoms with Gasteiger partial charge in [0.25, 0.3) is 5.95 Å². The Labute approximate surface area is 108 Å². The van der Waals surface area contributed by atoms with Crippen molar-refractivity contribution in [2.45, 2.75) is 12.1 Å². The Morgan fingerprint density at radius 1 is 1.28 bits per heavy atom. The van der Waals surface area contributed by atoms with Gasteiger partial charge in [0.1, 0.15) is 0 Å². The number of tetrazole rings is 1. The molecule has 3 aromatic rings. The minimum atomic E-state index is 0.674. The molecule has 6 nitrogen and oxygen atoms in total. The molecule has 0 spiro atoms. The predicted molar refractivity (Wildman–Crippen MR) is 69.9 cm³/mol. The number of benzene rings is 1. The van der Waals surface area contributed by atoms with E-state index >= 15 is 0 Å². The van der Waals surface area contributed by atoms with Crippen LogP contribution < -0.4 is 0 Å². The van der Waals surface area contributed by atoms with Gasteiger partial charge < -0.3 is 0 Å². The van der Waals surface area contributed by atoms with Crippen molar-refractivity contribution in [1.29, 1.82) is 0 Å². The Balaban J connectivity index is 2.40. The molecule has 18 heavy (non-hydrogen) atoms. The molecule has 0 atom stereocenters. The van der Waals surface area contributed by atoms with Gasteiger partial charge in [0.2, 0.25) is 0 Å². The smallest absolute Gasteiger partial charge is 0.254 e. The number of thioether (sulfide) groups is 1. The molecule has 0 aliphatic heterocycles. The molecule has 0 N–H and O–H groups in total. The number of para-hydroxylation sites is 1. The lowest BCUT2D eigenvalue weighted by Crippen LogP contribution is -2.05. The number of rotatable bonds is 2. The molecular weight excluding hydrogens is 248 g/mol. The molecule has 0 bridgehead atoms. The van der Waals surface area contributed by atoms with Gasteiger partial charge in [0, 0.05) is 7.05 Å². The zero-order valence-electron chi connectivity index (χ0n) is 10.3. The molecule has 92 valence electrons. The van der Waals surface area contributed by atoms with Crippen molar-refractivity contribution in [3.05, 3.63) is 23.8 Å². The van der Waals surface area contributed by atoms with E-state index in [0.717, 1.165) is 21.8 Å². The molecular formula is C11H12N6S. The number of hydrogen-bond donors (Lipinski definition) is 0. The molecule has 0 amide bonds. The number of nitrogens with zero attached hydrogens (tertiary/aromatic N) is 6. The summed E-state index contributed by atoms with van der Waals surface area (Å²) in [6, 6.07) is 6.10. The lowest BCUT2D eigenvalue weighted by atomic mass is 10.2. The third-order valence-corrected chi connectivity index (χ3v) is 3.48. The largest absolute Gasteiger partial charge is 0.256 e. The zero-order valence-corrected chi connectivity index (χ0v) is 11.1. The number of aryl methyl sites for hydroxylation is 2. The Kier molecular flexibility index (Phi) is 2.55. The third kappa shape index (κ3) is 1.51. The molecule has 1 aromatic carbocycles. The second-order valence-electron chi connectivity index (χ2n) is 3.98. The van der Waals surface area contributed by atoms with Gasteiger partial charge in [-0.1, -0.05) is 29.0 Å². The minimum absolute atomic E-state index is 0.674. The maximum atomic E-state index is 4.64. The number of aromatic nitrogens is 6. The van der Waals surface area contributed by atoms with Crippen LogP contribution in [0, 0.1) is 6.92 Å². The fourth-order valence-electron chi connectivity index (χ4n) is 1.96. The van der Waals surface area contributed by atoms with Crippen molar-refractivity contribution in [2.75, 3.05) is 6.26 Å². The van der Waals surface area contributed by atoms with E-state index in [1.165, 1.54) is 0 Å². The van der Waals surface area contributed by atoms with Gasteiger partial charge >= 0.3 is 0 Å². The molecule has 0 saturated carbocycles. The van der Waals surface area contributed by atoms with Crippen LogP contribution in [0.3, 0.4) is 0 Å². The second-order valence-corrected chi connectivity index (χ2v) is 4.75. The fourth-order valence-corrected chi connectivity index (χ4v) is 2.51. The van der Waals surface area contributed by atoms with Crippen LogP contribution in [0.2, 0.25) is 0 Å². The van der Waals surface area contributed by atoms with Gasteiger partial charge in [-0.2, -0.15) is 0 Å². The van der Waals surface area contributed by atoms with Crippen LogP contribution in [-0.4, -0.2) is 36.0 Å². The van der Waals surface area contributed by atoms with Gasteiger partial charge in [-0.15, -0.1) is 0 Å². The zero-order chi connectivity index (χ0) is 12.7. The Morgan fingerprint density at radius 2 is 2.11 bits per heavy atom. The summed E-state index contributed by atoms with van der Waals surface area (Å²) in [6.45, 7) is 2.05. The maximum Gasteiger partial charge on any atom is 0.256 e. The first-order valence-corrected chi connectivity index (χ1v) is 6.69. The van der Waals surface area contributed by atoms with Crippen LogP contribution in [0.4, 0.5) is 0 Å². The molecule has 0 aliphatic rings. The molecule has 3 rings (SSSR count). The van der Waals surface area contributed by atoms with Crippen LogP contribution in [0.1, 0.15) is 5.56 Å². The maximum absolute atomic E-state index is 4.64. The monoisotopic (exact) mass is 260 g/mol. The highest BCUT2D eigenvalue weighted by molar-refractivity contribution is 7.98. The van der Waals surface area contributed by atoms with E-state index < -0.39 is 0 Å². The normalized spacial score (nSPS) is 11.3. The average Bonchev–Trinajstić information content (AvgIpc) is 2.93. The number of imidazole rings is 1.